The number of nitrogens with two attached hydrogens (primary N) is 1. The molecule has 1 aromatic rings. The first kappa shape index (κ1) is 8.73. The lowest BCUT2D eigenvalue weighted by Gasteiger charge is -2.13. The summed E-state index contributed by atoms with van der Waals surface area (Å²) in [7, 11) is 0. The number of halogens is 1. The van der Waals surface area contributed by atoms with Gasteiger partial charge in [0.15, 0.2) is 0 Å². The lowest BCUT2D eigenvalue weighted by molar-refractivity contribution is 0.515. The zero-order valence-electron chi connectivity index (χ0n) is 7.23. The molecule has 1 aromatic heterocycles. The Balaban J connectivity index is 2.40. The van der Waals surface area contributed by atoms with Crippen LogP contribution in [0.3, 0.4) is 0 Å². The van der Waals surface area contributed by atoms with E-state index in [2.05, 4.69) is 41.2 Å². The van der Waals surface area contributed by atoms with Gasteiger partial charge in [0.05, 0.1) is 5.54 Å². The Bertz CT molecular complexity index is 318. The molecule has 1 saturated carbocycles. The van der Waals surface area contributed by atoms with Crippen molar-refractivity contribution in [1.29, 1.82) is 0 Å². The SMILES string of the molecule is CC1(C)CC1(N)c1sccc1Br. The Labute approximate surface area is 85.1 Å². The maximum atomic E-state index is 6.27. The van der Waals surface area contributed by atoms with E-state index in [9.17, 15) is 0 Å². The summed E-state index contributed by atoms with van der Waals surface area (Å²) in [4.78, 5) is 1.30. The Morgan fingerprint density at radius 1 is 1.58 bits per heavy atom. The maximum Gasteiger partial charge on any atom is 0.0573 e. The third-order valence-electron chi connectivity index (χ3n) is 2.83. The van der Waals surface area contributed by atoms with Gasteiger partial charge in [-0.3, -0.25) is 0 Å². The molecule has 1 atom stereocenters. The highest BCUT2D eigenvalue weighted by Crippen LogP contribution is 2.62. The molecule has 0 bridgehead atoms. The largest absolute Gasteiger partial charge is 0.320 e. The van der Waals surface area contributed by atoms with E-state index in [-0.39, 0.29) is 11.0 Å². The summed E-state index contributed by atoms with van der Waals surface area (Å²) in [5.74, 6) is 0. The third-order valence-corrected chi connectivity index (χ3v) is 4.84. The summed E-state index contributed by atoms with van der Waals surface area (Å²) in [6.07, 6.45) is 1.10. The van der Waals surface area contributed by atoms with Gasteiger partial charge in [-0.15, -0.1) is 11.3 Å². The zero-order valence-corrected chi connectivity index (χ0v) is 9.63. The van der Waals surface area contributed by atoms with Gasteiger partial charge in [-0.25, -0.2) is 0 Å². The average molecular weight is 246 g/mol. The van der Waals surface area contributed by atoms with Crippen LogP contribution in [0, 0.1) is 5.41 Å². The zero-order chi connectivity index (χ0) is 8.98. The van der Waals surface area contributed by atoms with Crippen molar-refractivity contribution < 1.29 is 0 Å². The summed E-state index contributed by atoms with van der Waals surface area (Å²) in [6, 6.07) is 2.07. The normalized spacial score (nSPS) is 32.0. The summed E-state index contributed by atoms with van der Waals surface area (Å²) in [5, 5.41) is 2.09. The lowest BCUT2D eigenvalue weighted by atomic mass is 10.0. The number of rotatable bonds is 1. The van der Waals surface area contributed by atoms with Gasteiger partial charge in [-0.1, -0.05) is 13.8 Å². The molecule has 0 amide bonds. The molecule has 0 saturated heterocycles. The standard InChI is InChI=1S/C9H12BrNS/c1-8(2)5-9(8,11)7-6(10)3-4-12-7/h3-4H,5,11H2,1-2H3. The molecule has 2 N–H and O–H groups in total. The van der Waals surface area contributed by atoms with Crippen LogP contribution in [-0.2, 0) is 5.54 Å². The van der Waals surface area contributed by atoms with Crippen molar-refractivity contribution in [1.82, 2.24) is 0 Å². The second-order valence-electron chi connectivity index (χ2n) is 4.13. The van der Waals surface area contributed by atoms with Crippen LogP contribution in [0.25, 0.3) is 0 Å². The van der Waals surface area contributed by atoms with Crippen molar-refractivity contribution in [3.63, 3.8) is 0 Å². The van der Waals surface area contributed by atoms with Crippen molar-refractivity contribution in [2.45, 2.75) is 25.8 Å². The van der Waals surface area contributed by atoms with Crippen LogP contribution in [0.5, 0.6) is 0 Å². The number of thiophene rings is 1. The Kier molecular flexibility index (Phi) is 1.70. The Morgan fingerprint density at radius 3 is 2.50 bits per heavy atom. The molecule has 3 heteroatoms. The quantitative estimate of drug-likeness (QED) is 0.809. The summed E-state index contributed by atoms with van der Waals surface area (Å²) in [6.45, 7) is 4.44. The summed E-state index contributed by atoms with van der Waals surface area (Å²) >= 11 is 5.27. The monoisotopic (exact) mass is 245 g/mol. The topological polar surface area (TPSA) is 26.0 Å². The van der Waals surface area contributed by atoms with Crippen LogP contribution in [0.4, 0.5) is 0 Å². The highest BCUT2D eigenvalue weighted by Gasteiger charge is 2.60. The second kappa shape index (κ2) is 2.34. The molecule has 1 fully saturated rings. The van der Waals surface area contributed by atoms with Gasteiger partial charge in [0.2, 0.25) is 0 Å². The first-order valence-corrected chi connectivity index (χ1v) is 5.67. The number of hydrogen-bond acceptors (Lipinski definition) is 2. The van der Waals surface area contributed by atoms with E-state index >= 15 is 0 Å². The van der Waals surface area contributed by atoms with Crippen LogP contribution >= 0.6 is 27.3 Å². The Hall–Kier alpha value is 0.140. The van der Waals surface area contributed by atoms with E-state index in [1.54, 1.807) is 11.3 Å². The number of hydrogen-bond donors (Lipinski definition) is 1. The van der Waals surface area contributed by atoms with Crippen molar-refractivity contribution >= 4 is 27.3 Å². The molecule has 1 aliphatic carbocycles. The molecule has 1 unspecified atom stereocenters. The van der Waals surface area contributed by atoms with Crippen LogP contribution in [-0.4, -0.2) is 0 Å². The van der Waals surface area contributed by atoms with Crippen molar-refractivity contribution in [3.8, 4) is 0 Å². The first-order chi connectivity index (χ1) is 5.47. The molecule has 2 rings (SSSR count). The van der Waals surface area contributed by atoms with Gasteiger partial charge < -0.3 is 5.73 Å². The fourth-order valence-electron chi connectivity index (χ4n) is 1.65. The molecule has 1 aliphatic rings. The van der Waals surface area contributed by atoms with E-state index < -0.39 is 0 Å². The van der Waals surface area contributed by atoms with Crippen LogP contribution < -0.4 is 5.73 Å². The average Bonchev–Trinajstić information content (AvgIpc) is 2.36. The minimum Gasteiger partial charge on any atom is -0.320 e. The fourth-order valence-corrected chi connectivity index (χ4v) is 3.67. The molecule has 0 radical (unpaired) electrons. The molecular formula is C9H12BrNS. The van der Waals surface area contributed by atoms with E-state index in [1.807, 2.05) is 0 Å². The van der Waals surface area contributed by atoms with Gasteiger partial charge in [-0.05, 0) is 39.2 Å². The predicted molar refractivity (Wildman–Crippen MR) is 56.3 cm³/mol. The predicted octanol–water partition coefficient (Wildman–Crippen LogP) is 3.09. The van der Waals surface area contributed by atoms with Gasteiger partial charge in [0.25, 0.3) is 0 Å². The molecule has 1 nitrogen and oxygen atoms in total. The Morgan fingerprint density at radius 2 is 2.17 bits per heavy atom. The van der Waals surface area contributed by atoms with Crippen molar-refractivity contribution in [2.75, 3.05) is 0 Å². The maximum absolute atomic E-state index is 6.27. The fraction of sp³-hybridized carbons (Fsp3) is 0.556. The highest BCUT2D eigenvalue weighted by molar-refractivity contribution is 9.10. The van der Waals surface area contributed by atoms with E-state index in [4.69, 9.17) is 5.73 Å². The first-order valence-electron chi connectivity index (χ1n) is 4.00. The van der Waals surface area contributed by atoms with Crippen LogP contribution in [0.15, 0.2) is 15.9 Å². The van der Waals surface area contributed by atoms with E-state index in [1.165, 1.54) is 9.35 Å². The molecule has 0 spiro atoms. The second-order valence-corrected chi connectivity index (χ2v) is 5.90. The molecule has 0 aliphatic heterocycles. The summed E-state index contributed by atoms with van der Waals surface area (Å²) < 4.78 is 1.17. The third kappa shape index (κ3) is 0.998. The molecule has 1 heterocycles. The van der Waals surface area contributed by atoms with Gasteiger partial charge in [0, 0.05) is 9.35 Å². The van der Waals surface area contributed by atoms with E-state index in [0.717, 1.165) is 6.42 Å². The van der Waals surface area contributed by atoms with Crippen molar-refractivity contribution in [3.05, 3.63) is 20.8 Å². The van der Waals surface area contributed by atoms with E-state index in [0.29, 0.717) is 0 Å². The molecule has 12 heavy (non-hydrogen) atoms. The lowest BCUT2D eigenvalue weighted by Crippen LogP contribution is -2.24. The van der Waals surface area contributed by atoms with Gasteiger partial charge in [0.1, 0.15) is 0 Å². The van der Waals surface area contributed by atoms with Crippen LogP contribution in [0.2, 0.25) is 0 Å². The highest BCUT2D eigenvalue weighted by atomic mass is 79.9. The minimum atomic E-state index is -0.0694. The smallest absolute Gasteiger partial charge is 0.0573 e. The van der Waals surface area contributed by atoms with Crippen molar-refractivity contribution in [2.24, 2.45) is 11.1 Å². The molecular weight excluding hydrogens is 234 g/mol. The molecule has 0 aromatic carbocycles. The van der Waals surface area contributed by atoms with Gasteiger partial charge >= 0.3 is 0 Å². The molecule has 66 valence electrons. The minimum absolute atomic E-state index is 0.0694. The van der Waals surface area contributed by atoms with Crippen LogP contribution in [0.1, 0.15) is 25.1 Å². The summed E-state index contributed by atoms with van der Waals surface area (Å²) in [5.41, 5.74) is 6.48. The van der Waals surface area contributed by atoms with Gasteiger partial charge in [-0.2, -0.15) is 0 Å².